The normalized spacial score (nSPS) is 12.2. The Morgan fingerprint density at radius 1 is 1.44 bits per heavy atom. The summed E-state index contributed by atoms with van der Waals surface area (Å²) in [5.74, 6) is -1.96. The first kappa shape index (κ1) is 12.6. The number of amides is 1. The van der Waals surface area contributed by atoms with Crippen LogP contribution in [0, 0.1) is 11.6 Å². The van der Waals surface area contributed by atoms with Gasteiger partial charge in [0, 0.05) is 19.2 Å². The molecule has 0 aliphatic carbocycles. The predicted molar refractivity (Wildman–Crippen MR) is 56.7 cm³/mol. The van der Waals surface area contributed by atoms with Crippen LogP contribution in [0.3, 0.4) is 0 Å². The molecule has 0 heterocycles. The van der Waals surface area contributed by atoms with Gasteiger partial charge in [0.2, 0.25) is 5.91 Å². The fourth-order valence-electron chi connectivity index (χ4n) is 1.26. The Labute approximate surface area is 92.8 Å². The molecular formula is C11H14F2N2O. The van der Waals surface area contributed by atoms with E-state index in [0.717, 1.165) is 6.07 Å². The molecule has 1 aromatic rings. The summed E-state index contributed by atoms with van der Waals surface area (Å²) in [5, 5.41) is 5.26. The average molecular weight is 228 g/mol. The van der Waals surface area contributed by atoms with Crippen molar-refractivity contribution >= 4 is 5.91 Å². The zero-order valence-electron chi connectivity index (χ0n) is 9.18. The fraction of sp³-hybridized carbons (Fsp3) is 0.364. The molecule has 1 atom stereocenters. The molecular weight excluding hydrogens is 214 g/mol. The van der Waals surface area contributed by atoms with Crippen molar-refractivity contribution < 1.29 is 13.6 Å². The zero-order chi connectivity index (χ0) is 12.1. The molecule has 0 aliphatic heterocycles. The van der Waals surface area contributed by atoms with E-state index in [4.69, 9.17) is 0 Å². The summed E-state index contributed by atoms with van der Waals surface area (Å²) in [6.07, 6.45) is 0. The lowest BCUT2D eigenvalue weighted by Gasteiger charge is -2.12. The number of rotatable bonds is 4. The van der Waals surface area contributed by atoms with Gasteiger partial charge in [-0.2, -0.15) is 0 Å². The van der Waals surface area contributed by atoms with Gasteiger partial charge in [-0.25, -0.2) is 8.78 Å². The van der Waals surface area contributed by atoms with Crippen LogP contribution in [-0.4, -0.2) is 19.0 Å². The van der Waals surface area contributed by atoms with Crippen molar-refractivity contribution in [2.24, 2.45) is 0 Å². The molecule has 0 fully saturated rings. The number of nitrogens with one attached hydrogen (secondary N) is 2. The third-order valence-corrected chi connectivity index (χ3v) is 2.27. The zero-order valence-corrected chi connectivity index (χ0v) is 9.18. The van der Waals surface area contributed by atoms with E-state index >= 15 is 0 Å². The summed E-state index contributed by atoms with van der Waals surface area (Å²) in [6.45, 7) is 1.76. The van der Waals surface area contributed by atoms with Crippen molar-refractivity contribution in [3.05, 3.63) is 35.4 Å². The third kappa shape index (κ3) is 3.00. The lowest BCUT2D eigenvalue weighted by atomic mass is 10.2. The first-order valence-corrected chi connectivity index (χ1v) is 4.94. The number of benzene rings is 1. The van der Waals surface area contributed by atoms with Crippen LogP contribution in [0.4, 0.5) is 8.78 Å². The second kappa shape index (κ2) is 5.55. The molecule has 0 saturated carbocycles. The van der Waals surface area contributed by atoms with Crippen molar-refractivity contribution in [2.75, 3.05) is 7.05 Å². The van der Waals surface area contributed by atoms with Crippen LogP contribution in [0.15, 0.2) is 18.2 Å². The molecule has 1 rings (SSSR count). The number of hydrogen-bond acceptors (Lipinski definition) is 2. The third-order valence-electron chi connectivity index (χ3n) is 2.27. The topological polar surface area (TPSA) is 41.1 Å². The van der Waals surface area contributed by atoms with Gasteiger partial charge in [-0.3, -0.25) is 4.79 Å². The summed E-state index contributed by atoms with van der Waals surface area (Å²) in [6, 6.07) is 3.51. The maximum Gasteiger partial charge on any atom is 0.236 e. The van der Waals surface area contributed by atoms with Crippen LogP contribution in [0.5, 0.6) is 0 Å². The summed E-state index contributed by atoms with van der Waals surface area (Å²) in [5.41, 5.74) is 0.204. The first-order valence-electron chi connectivity index (χ1n) is 4.94. The standard InChI is InChI=1S/C11H14F2N2O/c1-7(11(16)14-2)15-6-8-4-3-5-9(12)10(8)13/h3-5,7,15H,6H2,1-2H3,(H,14,16). The van der Waals surface area contributed by atoms with Gasteiger partial charge in [-0.15, -0.1) is 0 Å². The highest BCUT2D eigenvalue weighted by molar-refractivity contribution is 5.80. The highest BCUT2D eigenvalue weighted by Gasteiger charge is 2.12. The Balaban J connectivity index is 2.61. The molecule has 1 aromatic carbocycles. The molecule has 0 bridgehead atoms. The number of likely N-dealkylation sites (N-methyl/N-ethyl adjacent to an activating group) is 1. The first-order chi connectivity index (χ1) is 7.56. The van der Waals surface area contributed by atoms with E-state index in [1.165, 1.54) is 19.2 Å². The van der Waals surface area contributed by atoms with Crippen molar-refractivity contribution in [3.8, 4) is 0 Å². The summed E-state index contributed by atoms with van der Waals surface area (Å²) in [7, 11) is 1.52. The second-order valence-corrected chi connectivity index (χ2v) is 3.43. The van der Waals surface area contributed by atoms with Gasteiger partial charge in [0.15, 0.2) is 11.6 Å². The number of carbonyl (C=O) groups is 1. The molecule has 0 aliphatic rings. The minimum atomic E-state index is -0.883. The van der Waals surface area contributed by atoms with Crippen LogP contribution in [-0.2, 0) is 11.3 Å². The molecule has 3 nitrogen and oxygen atoms in total. The minimum Gasteiger partial charge on any atom is -0.358 e. The molecule has 0 saturated heterocycles. The smallest absolute Gasteiger partial charge is 0.236 e. The Hall–Kier alpha value is -1.49. The van der Waals surface area contributed by atoms with Crippen LogP contribution < -0.4 is 10.6 Å². The van der Waals surface area contributed by atoms with Gasteiger partial charge < -0.3 is 10.6 Å². The van der Waals surface area contributed by atoms with Crippen molar-refractivity contribution in [3.63, 3.8) is 0 Å². The van der Waals surface area contributed by atoms with Crippen molar-refractivity contribution in [1.82, 2.24) is 10.6 Å². The fourth-order valence-corrected chi connectivity index (χ4v) is 1.26. The van der Waals surface area contributed by atoms with Crippen molar-refractivity contribution in [2.45, 2.75) is 19.5 Å². The molecule has 0 aromatic heterocycles. The SMILES string of the molecule is CNC(=O)C(C)NCc1cccc(F)c1F. The molecule has 0 radical (unpaired) electrons. The van der Waals surface area contributed by atoms with Crippen LogP contribution in [0.25, 0.3) is 0 Å². The lowest BCUT2D eigenvalue weighted by Crippen LogP contribution is -2.40. The highest BCUT2D eigenvalue weighted by Crippen LogP contribution is 2.10. The minimum absolute atomic E-state index is 0.109. The van der Waals surface area contributed by atoms with Crippen LogP contribution in [0.1, 0.15) is 12.5 Å². The van der Waals surface area contributed by atoms with E-state index in [0.29, 0.717) is 0 Å². The average Bonchev–Trinajstić information content (AvgIpc) is 2.29. The summed E-state index contributed by atoms with van der Waals surface area (Å²) >= 11 is 0. The molecule has 88 valence electrons. The Bertz CT molecular complexity index is 382. The summed E-state index contributed by atoms with van der Waals surface area (Å²) in [4.78, 5) is 11.1. The van der Waals surface area contributed by atoms with Gasteiger partial charge in [-0.05, 0) is 13.0 Å². The van der Waals surface area contributed by atoms with E-state index in [2.05, 4.69) is 10.6 Å². The highest BCUT2D eigenvalue weighted by atomic mass is 19.2. The Morgan fingerprint density at radius 3 is 2.75 bits per heavy atom. The van der Waals surface area contributed by atoms with Crippen molar-refractivity contribution in [1.29, 1.82) is 0 Å². The van der Waals surface area contributed by atoms with Gasteiger partial charge in [0.25, 0.3) is 0 Å². The summed E-state index contributed by atoms with van der Waals surface area (Å²) < 4.78 is 26.1. The largest absolute Gasteiger partial charge is 0.358 e. The van der Waals surface area contributed by atoms with Gasteiger partial charge in [0.1, 0.15) is 0 Å². The van der Waals surface area contributed by atoms with E-state index in [1.807, 2.05) is 0 Å². The lowest BCUT2D eigenvalue weighted by molar-refractivity contribution is -0.122. The number of carbonyl (C=O) groups excluding carboxylic acids is 1. The molecule has 16 heavy (non-hydrogen) atoms. The van der Waals surface area contributed by atoms with Crippen LogP contribution in [0.2, 0.25) is 0 Å². The van der Waals surface area contributed by atoms with E-state index < -0.39 is 17.7 Å². The number of hydrogen-bond donors (Lipinski definition) is 2. The van der Waals surface area contributed by atoms with E-state index in [1.54, 1.807) is 6.92 Å². The molecule has 1 amide bonds. The Morgan fingerprint density at radius 2 is 2.12 bits per heavy atom. The predicted octanol–water partition coefficient (Wildman–Crippen LogP) is 1.19. The maximum atomic E-state index is 13.2. The number of halogens is 2. The molecule has 0 spiro atoms. The van der Waals surface area contributed by atoms with E-state index in [9.17, 15) is 13.6 Å². The van der Waals surface area contributed by atoms with Crippen LogP contribution >= 0.6 is 0 Å². The Kier molecular flexibility index (Phi) is 4.37. The molecule has 1 unspecified atom stereocenters. The van der Waals surface area contributed by atoms with Gasteiger partial charge in [0.05, 0.1) is 6.04 Å². The molecule has 2 N–H and O–H groups in total. The van der Waals surface area contributed by atoms with Gasteiger partial charge >= 0.3 is 0 Å². The van der Waals surface area contributed by atoms with Gasteiger partial charge in [-0.1, -0.05) is 12.1 Å². The second-order valence-electron chi connectivity index (χ2n) is 3.43. The maximum absolute atomic E-state index is 13.2. The monoisotopic (exact) mass is 228 g/mol. The quantitative estimate of drug-likeness (QED) is 0.812. The van der Waals surface area contributed by atoms with E-state index in [-0.39, 0.29) is 18.0 Å². The molecule has 5 heteroatoms.